The van der Waals surface area contributed by atoms with Gasteiger partial charge in [0.1, 0.15) is 12.2 Å². The quantitative estimate of drug-likeness (QED) is 0.522. The second kappa shape index (κ2) is 10.2. The minimum absolute atomic E-state index is 0.123. The number of nitrogens with zero attached hydrogens (tertiary/aromatic N) is 2. The van der Waals surface area contributed by atoms with Crippen molar-refractivity contribution >= 4 is 17.3 Å². The lowest BCUT2D eigenvalue weighted by atomic mass is 10.3. The molecular formula is C14H20ClN3O3. The summed E-state index contributed by atoms with van der Waals surface area (Å²) in [5.74, 6) is 2.38. The summed E-state index contributed by atoms with van der Waals surface area (Å²) >= 11 is 5.97. The van der Waals surface area contributed by atoms with Crippen LogP contribution in [-0.2, 0) is 16.0 Å². The van der Waals surface area contributed by atoms with E-state index in [0.29, 0.717) is 37.1 Å². The fourth-order valence-electron chi connectivity index (χ4n) is 1.61. The molecule has 1 N–H and O–H groups in total. The fourth-order valence-corrected chi connectivity index (χ4v) is 1.81. The van der Waals surface area contributed by atoms with Gasteiger partial charge >= 0.3 is 0 Å². The Balaban J connectivity index is 2.37. The third kappa shape index (κ3) is 6.17. The Morgan fingerprint density at radius 3 is 2.95 bits per heavy atom. The van der Waals surface area contributed by atoms with Gasteiger partial charge in [0, 0.05) is 20.3 Å². The lowest BCUT2D eigenvalue weighted by Crippen LogP contribution is -2.26. The van der Waals surface area contributed by atoms with E-state index in [9.17, 15) is 4.79 Å². The van der Waals surface area contributed by atoms with Crippen LogP contribution in [0.1, 0.15) is 12.8 Å². The molecule has 0 aliphatic heterocycles. The Hall–Kier alpha value is -1.55. The highest BCUT2D eigenvalue weighted by Crippen LogP contribution is 2.14. The molecule has 0 atom stereocenters. The molecule has 0 saturated carbocycles. The summed E-state index contributed by atoms with van der Waals surface area (Å²) in [5, 5.41) is 7.20. The third-order valence-electron chi connectivity index (χ3n) is 2.69. The number of methoxy groups -OCH3 is 1. The van der Waals surface area contributed by atoms with Crippen molar-refractivity contribution in [2.45, 2.75) is 19.4 Å². The number of ether oxygens (including phenoxy) is 2. The molecule has 0 bridgehead atoms. The van der Waals surface area contributed by atoms with E-state index in [1.54, 1.807) is 7.11 Å². The van der Waals surface area contributed by atoms with Crippen LogP contribution in [0.2, 0.25) is 5.02 Å². The predicted molar refractivity (Wildman–Crippen MR) is 82.8 cm³/mol. The number of rotatable bonds is 10. The largest absolute Gasteiger partial charge is 0.382 e. The van der Waals surface area contributed by atoms with Gasteiger partial charge in [-0.3, -0.25) is 4.79 Å². The van der Waals surface area contributed by atoms with E-state index in [-0.39, 0.29) is 12.1 Å². The fraction of sp³-hybridized carbons (Fsp3) is 0.571. The van der Waals surface area contributed by atoms with E-state index in [4.69, 9.17) is 27.5 Å². The zero-order valence-corrected chi connectivity index (χ0v) is 12.9. The lowest BCUT2D eigenvalue weighted by Gasteiger charge is -2.09. The van der Waals surface area contributed by atoms with Crippen LogP contribution in [0.5, 0.6) is 0 Å². The Kier molecular flexibility index (Phi) is 8.51. The first-order valence-electron chi connectivity index (χ1n) is 6.70. The molecule has 1 aromatic heterocycles. The summed E-state index contributed by atoms with van der Waals surface area (Å²) in [4.78, 5) is 12.0. The summed E-state index contributed by atoms with van der Waals surface area (Å²) in [7, 11) is 1.64. The van der Waals surface area contributed by atoms with Gasteiger partial charge in [0.05, 0.1) is 24.4 Å². The van der Waals surface area contributed by atoms with E-state index < -0.39 is 0 Å². The van der Waals surface area contributed by atoms with Crippen LogP contribution in [0.25, 0.3) is 0 Å². The van der Waals surface area contributed by atoms with Gasteiger partial charge < -0.3 is 14.8 Å². The van der Waals surface area contributed by atoms with Gasteiger partial charge in [-0.1, -0.05) is 17.5 Å². The van der Waals surface area contributed by atoms with Crippen LogP contribution in [0, 0.1) is 12.3 Å². The van der Waals surface area contributed by atoms with Gasteiger partial charge in [0.25, 0.3) is 5.56 Å². The highest BCUT2D eigenvalue weighted by molar-refractivity contribution is 6.32. The number of hydrogen-bond donors (Lipinski definition) is 1. The molecule has 0 fully saturated rings. The molecule has 0 aliphatic carbocycles. The maximum atomic E-state index is 12.0. The maximum absolute atomic E-state index is 12.0. The smallest absolute Gasteiger partial charge is 0.292 e. The molecule has 0 aromatic carbocycles. The first kappa shape index (κ1) is 17.5. The first-order chi connectivity index (χ1) is 10.2. The SMILES string of the molecule is C#CCn1ncc(Cl)c(NCCCCOCCOC)c1=O. The molecule has 0 saturated heterocycles. The van der Waals surface area contributed by atoms with Crippen molar-refractivity contribution < 1.29 is 9.47 Å². The van der Waals surface area contributed by atoms with Crippen LogP contribution in [0.3, 0.4) is 0 Å². The molecule has 0 unspecified atom stereocenters. The Morgan fingerprint density at radius 2 is 2.24 bits per heavy atom. The standard InChI is InChI=1S/C14H20ClN3O3/c1-3-7-18-14(19)13(12(15)11-17-18)16-6-4-5-8-21-10-9-20-2/h1,11,16H,4-10H2,2H3. The highest BCUT2D eigenvalue weighted by atomic mass is 35.5. The minimum atomic E-state index is -0.309. The zero-order chi connectivity index (χ0) is 15.5. The van der Waals surface area contributed by atoms with E-state index in [0.717, 1.165) is 12.8 Å². The molecule has 21 heavy (non-hydrogen) atoms. The summed E-state index contributed by atoms with van der Waals surface area (Å²) in [5.41, 5.74) is 0.0269. The van der Waals surface area contributed by atoms with Crippen molar-refractivity contribution in [1.82, 2.24) is 9.78 Å². The van der Waals surface area contributed by atoms with Crippen molar-refractivity contribution in [2.75, 3.05) is 38.8 Å². The third-order valence-corrected chi connectivity index (χ3v) is 2.97. The van der Waals surface area contributed by atoms with Crippen molar-refractivity contribution in [1.29, 1.82) is 0 Å². The van der Waals surface area contributed by atoms with Crippen LogP contribution < -0.4 is 10.9 Å². The normalized spacial score (nSPS) is 10.3. The van der Waals surface area contributed by atoms with Gasteiger partial charge in [-0.05, 0) is 12.8 Å². The number of aromatic nitrogens is 2. The van der Waals surface area contributed by atoms with E-state index >= 15 is 0 Å². The summed E-state index contributed by atoms with van der Waals surface area (Å²) < 4.78 is 11.4. The first-order valence-corrected chi connectivity index (χ1v) is 7.08. The van der Waals surface area contributed by atoms with Gasteiger partial charge in [-0.25, -0.2) is 4.68 Å². The Bertz CT molecular complexity index is 525. The second-order valence-corrected chi connectivity index (χ2v) is 4.68. The molecule has 1 rings (SSSR count). The Labute approximate surface area is 129 Å². The van der Waals surface area contributed by atoms with Gasteiger partial charge in [-0.15, -0.1) is 6.42 Å². The molecule has 0 amide bonds. The summed E-state index contributed by atoms with van der Waals surface area (Å²) in [6.45, 7) is 2.60. The minimum Gasteiger partial charge on any atom is -0.382 e. The number of terminal acetylenes is 1. The molecule has 0 spiro atoms. The van der Waals surface area contributed by atoms with Crippen LogP contribution >= 0.6 is 11.6 Å². The Morgan fingerprint density at radius 1 is 1.43 bits per heavy atom. The van der Waals surface area contributed by atoms with Gasteiger partial charge in [0.15, 0.2) is 0 Å². The average Bonchev–Trinajstić information content (AvgIpc) is 2.48. The maximum Gasteiger partial charge on any atom is 0.292 e. The summed E-state index contributed by atoms with van der Waals surface area (Å²) in [6, 6.07) is 0. The van der Waals surface area contributed by atoms with Crippen molar-refractivity contribution in [3.8, 4) is 12.3 Å². The number of nitrogens with one attached hydrogen (secondary N) is 1. The average molecular weight is 314 g/mol. The molecule has 6 nitrogen and oxygen atoms in total. The monoisotopic (exact) mass is 313 g/mol. The van der Waals surface area contributed by atoms with Crippen LogP contribution in [0.4, 0.5) is 5.69 Å². The molecule has 0 aliphatic rings. The van der Waals surface area contributed by atoms with Gasteiger partial charge in [0.2, 0.25) is 0 Å². The molecule has 7 heteroatoms. The van der Waals surface area contributed by atoms with Crippen molar-refractivity contribution in [2.24, 2.45) is 0 Å². The summed E-state index contributed by atoms with van der Waals surface area (Å²) in [6.07, 6.45) is 8.34. The van der Waals surface area contributed by atoms with E-state index in [1.165, 1.54) is 10.9 Å². The highest BCUT2D eigenvalue weighted by Gasteiger charge is 2.08. The zero-order valence-electron chi connectivity index (χ0n) is 12.1. The molecule has 1 heterocycles. The number of halogens is 1. The molecule has 116 valence electrons. The second-order valence-electron chi connectivity index (χ2n) is 4.27. The number of unbranched alkanes of at least 4 members (excludes halogenated alkanes) is 1. The van der Waals surface area contributed by atoms with Gasteiger partial charge in [-0.2, -0.15) is 5.10 Å². The predicted octanol–water partition coefficient (Wildman–Crippen LogP) is 1.38. The van der Waals surface area contributed by atoms with Crippen LogP contribution in [-0.4, -0.2) is 43.3 Å². The van der Waals surface area contributed by atoms with E-state index in [1.807, 2.05) is 0 Å². The lowest BCUT2D eigenvalue weighted by molar-refractivity contribution is 0.0691. The molecule has 1 aromatic rings. The molecule has 0 radical (unpaired) electrons. The van der Waals surface area contributed by atoms with Crippen molar-refractivity contribution in [3.63, 3.8) is 0 Å². The van der Waals surface area contributed by atoms with E-state index in [2.05, 4.69) is 16.3 Å². The number of anilines is 1. The number of hydrogen-bond acceptors (Lipinski definition) is 5. The topological polar surface area (TPSA) is 65.4 Å². The molecular weight excluding hydrogens is 294 g/mol. The van der Waals surface area contributed by atoms with Crippen LogP contribution in [0.15, 0.2) is 11.0 Å². The van der Waals surface area contributed by atoms with Crippen molar-refractivity contribution in [3.05, 3.63) is 21.6 Å².